The summed E-state index contributed by atoms with van der Waals surface area (Å²) in [7, 11) is 1.95. The molecular weight excluding hydrogens is 200 g/mol. The summed E-state index contributed by atoms with van der Waals surface area (Å²) < 4.78 is 5.90. The summed E-state index contributed by atoms with van der Waals surface area (Å²) in [5.74, 6) is 0.777. The largest absolute Gasteiger partial charge is 0.474 e. The fourth-order valence-electron chi connectivity index (χ4n) is 2.18. The van der Waals surface area contributed by atoms with E-state index < -0.39 is 0 Å². The van der Waals surface area contributed by atoms with Crippen LogP contribution in [0, 0.1) is 0 Å². The highest BCUT2D eigenvalue weighted by molar-refractivity contribution is 5.20. The molecule has 0 aliphatic heterocycles. The molecule has 88 valence electrons. The average Bonchev–Trinajstić information content (AvgIpc) is 2.31. The maximum absolute atomic E-state index is 5.90. The third kappa shape index (κ3) is 3.20. The molecule has 2 rings (SSSR count). The Balaban J connectivity index is 1.94. The zero-order valence-electron chi connectivity index (χ0n) is 9.91. The molecule has 0 atom stereocenters. The molecule has 0 saturated heterocycles. The van der Waals surface area contributed by atoms with Crippen LogP contribution in [-0.2, 0) is 6.54 Å². The zero-order valence-corrected chi connectivity index (χ0v) is 9.91. The van der Waals surface area contributed by atoms with Crippen LogP contribution in [0.3, 0.4) is 0 Å². The molecule has 1 aliphatic carbocycles. The first kappa shape index (κ1) is 11.4. The summed E-state index contributed by atoms with van der Waals surface area (Å²) in [6, 6.07) is 4.05. The Hall–Kier alpha value is -1.09. The molecule has 0 unspecified atom stereocenters. The highest BCUT2D eigenvalue weighted by Gasteiger charge is 2.15. The maximum atomic E-state index is 5.90. The molecule has 1 aliphatic rings. The van der Waals surface area contributed by atoms with Crippen molar-refractivity contribution < 1.29 is 4.74 Å². The quantitative estimate of drug-likeness (QED) is 0.846. The monoisotopic (exact) mass is 220 g/mol. The summed E-state index contributed by atoms with van der Waals surface area (Å²) in [6.45, 7) is 0.865. The Morgan fingerprint density at radius 1 is 1.38 bits per heavy atom. The van der Waals surface area contributed by atoms with Gasteiger partial charge in [-0.15, -0.1) is 0 Å². The molecule has 16 heavy (non-hydrogen) atoms. The van der Waals surface area contributed by atoms with Gasteiger partial charge in [-0.25, -0.2) is 4.98 Å². The first-order chi connectivity index (χ1) is 7.88. The van der Waals surface area contributed by atoms with Crippen LogP contribution in [0.25, 0.3) is 0 Å². The lowest BCUT2D eigenvalue weighted by molar-refractivity contribution is 0.148. The Kier molecular flexibility index (Phi) is 4.17. The molecular formula is C13H20N2O. The van der Waals surface area contributed by atoms with Crippen LogP contribution in [-0.4, -0.2) is 18.1 Å². The van der Waals surface area contributed by atoms with E-state index in [1.165, 1.54) is 37.7 Å². The minimum absolute atomic E-state index is 0.381. The van der Waals surface area contributed by atoms with Crippen LogP contribution in [0.2, 0.25) is 0 Å². The second-order valence-corrected chi connectivity index (χ2v) is 4.41. The normalized spacial score (nSPS) is 17.3. The first-order valence-electron chi connectivity index (χ1n) is 6.14. The number of rotatable bonds is 4. The van der Waals surface area contributed by atoms with Crippen molar-refractivity contribution in [1.82, 2.24) is 10.3 Å². The lowest BCUT2D eigenvalue weighted by Gasteiger charge is -2.22. The fraction of sp³-hybridized carbons (Fsp3) is 0.615. The van der Waals surface area contributed by atoms with Crippen molar-refractivity contribution in [2.24, 2.45) is 0 Å². The van der Waals surface area contributed by atoms with Crippen molar-refractivity contribution in [3.63, 3.8) is 0 Å². The molecule has 3 nitrogen and oxygen atoms in total. The lowest BCUT2D eigenvalue weighted by Crippen LogP contribution is -2.20. The van der Waals surface area contributed by atoms with Gasteiger partial charge < -0.3 is 10.1 Å². The smallest absolute Gasteiger partial charge is 0.213 e. The van der Waals surface area contributed by atoms with E-state index in [2.05, 4.69) is 10.3 Å². The third-order valence-corrected chi connectivity index (χ3v) is 3.02. The van der Waals surface area contributed by atoms with Crippen molar-refractivity contribution in [1.29, 1.82) is 0 Å². The summed E-state index contributed by atoms with van der Waals surface area (Å²) in [4.78, 5) is 4.27. The van der Waals surface area contributed by atoms with Crippen molar-refractivity contribution in [3.8, 4) is 5.88 Å². The van der Waals surface area contributed by atoms with Gasteiger partial charge in [-0.1, -0.05) is 6.42 Å². The van der Waals surface area contributed by atoms with Crippen molar-refractivity contribution in [3.05, 3.63) is 23.9 Å². The number of nitrogens with one attached hydrogen (secondary N) is 1. The highest BCUT2D eigenvalue weighted by Crippen LogP contribution is 2.22. The summed E-state index contributed by atoms with van der Waals surface area (Å²) in [6.07, 6.45) is 8.50. The SMILES string of the molecule is CNCc1ccnc(OC2CCCCC2)c1. The molecule has 1 heterocycles. The van der Waals surface area contributed by atoms with Gasteiger partial charge >= 0.3 is 0 Å². The molecule has 3 heteroatoms. The van der Waals surface area contributed by atoms with Crippen molar-refractivity contribution in [2.45, 2.75) is 44.8 Å². The number of pyridine rings is 1. The molecule has 1 saturated carbocycles. The molecule has 1 aromatic heterocycles. The van der Waals surface area contributed by atoms with E-state index in [1.54, 1.807) is 0 Å². The molecule has 0 amide bonds. The molecule has 0 radical (unpaired) electrons. The van der Waals surface area contributed by atoms with E-state index >= 15 is 0 Å². The van der Waals surface area contributed by atoms with E-state index in [1.807, 2.05) is 25.4 Å². The second kappa shape index (κ2) is 5.85. The number of nitrogens with zero attached hydrogens (tertiary/aromatic N) is 1. The minimum Gasteiger partial charge on any atom is -0.474 e. The van der Waals surface area contributed by atoms with Crippen LogP contribution >= 0.6 is 0 Å². The third-order valence-electron chi connectivity index (χ3n) is 3.02. The van der Waals surface area contributed by atoms with Crippen LogP contribution in [0.15, 0.2) is 18.3 Å². The van der Waals surface area contributed by atoms with Crippen LogP contribution in [0.4, 0.5) is 0 Å². The van der Waals surface area contributed by atoms with Gasteiger partial charge in [0, 0.05) is 18.8 Å². The summed E-state index contributed by atoms with van der Waals surface area (Å²) in [5, 5.41) is 3.13. The minimum atomic E-state index is 0.381. The number of hydrogen-bond acceptors (Lipinski definition) is 3. The van der Waals surface area contributed by atoms with Gasteiger partial charge in [-0.3, -0.25) is 0 Å². The zero-order chi connectivity index (χ0) is 11.2. The second-order valence-electron chi connectivity index (χ2n) is 4.41. The molecule has 0 spiro atoms. The number of aromatic nitrogens is 1. The highest BCUT2D eigenvalue weighted by atomic mass is 16.5. The summed E-state index contributed by atoms with van der Waals surface area (Å²) >= 11 is 0. The molecule has 0 bridgehead atoms. The van der Waals surface area contributed by atoms with Crippen LogP contribution < -0.4 is 10.1 Å². The number of hydrogen-bond donors (Lipinski definition) is 1. The standard InChI is InChI=1S/C13H20N2O/c1-14-10-11-7-8-15-13(9-11)16-12-5-3-2-4-6-12/h7-9,12,14H,2-6,10H2,1H3. The molecule has 1 N–H and O–H groups in total. The van der Waals surface area contributed by atoms with Gasteiger partial charge in [-0.2, -0.15) is 0 Å². The summed E-state index contributed by atoms with van der Waals surface area (Å²) in [5.41, 5.74) is 1.23. The maximum Gasteiger partial charge on any atom is 0.213 e. The molecule has 1 aromatic rings. The Labute approximate surface area is 97.2 Å². The van der Waals surface area contributed by atoms with E-state index in [0.29, 0.717) is 6.10 Å². The van der Waals surface area contributed by atoms with Gasteiger partial charge in [0.1, 0.15) is 6.10 Å². The first-order valence-corrected chi connectivity index (χ1v) is 6.14. The Bertz CT molecular complexity index is 321. The molecule has 1 fully saturated rings. The van der Waals surface area contributed by atoms with E-state index in [4.69, 9.17) is 4.74 Å². The topological polar surface area (TPSA) is 34.2 Å². The molecule has 0 aromatic carbocycles. The van der Waals surface area contributed by atoms with Crippen molar-refractivity contribution >= 4 is 0 Å². The van der Waals surface area contributed by atoms with Gasteiger partial charge in [0.05, 0.1) is 0 Å². The van der Waals surface area contributed by atoms with Gasteiger partial charge in [-0.05, 0) is 44.4 Å². The average molecular weight is 220 g/mol. The number of ether oxygens (including phenoxy) is 1. The van der Waals surface area contributed by atoms with Crippen molar-refractivity contribution in [2.75, 3.05) is 7.05 Å². The predicted octanol–water partition coefficient (Wildman–Crippen LogP) is 2.51. The van der Waals surface area contributed by atoms with Crippen LogP contribution in [0.5, 0.6) is 5.88 Å². The van der Waals surface area contributed by atoms with E-state index in [9.17, 15) is 0 Å². The van der Waals surface area contributed by atoms with E-state index in [-0.39, 0.29) is 0 Å². The Morgan fingerprint density at radius 2 is 2.19 bits per heavy atom. The van der Waals surface area contributed by atoms with Gasteiger partial charge in [0.15, 0.2) is 0 Å². The van der Waals surface area contributed by atoms with E-state index in [0.717, 1.165) is 12.4 Å². The lowest BCUT2D eigenvalue weighted by atomic mass is 9.98. The van der Waals surface area contributed by atoms with Crippen LogP contribution in [0.1, 0.15) is 37.7 Å². The van der Waals surface area contributed by atoms with Gasteiger partial charge in [0.2, 0.25) is 5.88 Å². The Morgan fingerprint density at radius 3 is 2.94 bits per heavy atom. The van der Waals surface area contributed by atoms with Gasteiger partial charge in [0.25, 0.3) is 0 Å². The fourth-order valence-corrected chi connectivity index (χ4v) is 2.18. The predicted molar refractivity (Wildman–Crippen MR) is 64.5 cm³/mol.